The number of likely N-dealkylation sites (tertiary alicyclic amines) is 1. The van der Waals surface area contributed by atoms with Crippen LogP contribution in [0, 0.1) is 0 Å². The van der Waals surface area contributed by atoms with Crippen molar-refractivity contribution in [3.63, 3.8) is 0 Å². The fourth-order valence-corrected chi connectivity index (χ4v) is 5.02. The first-order chi connectivity index (χ1) is 16.9. The smallest absolute Gasteiger partial charge is 0.254 e. The Morgan fingerprint density at radius 1 is 1.11 bits per heavy atom. The number of amides is 2. The van der Waals surface area contributed by atoms with E-state index in [4.69, 9.17) is 16.6 Å². The van der Waals surface area contributed by atoms with Crippen molar-refractivity contribution < 1.29 is 9.59 Å². The predicted molar refractivity (Wildman–Crippen MR) is 137 cm³/mol. The van der Waals surface area contributed by atoms with Crippen LogP contribution in [0.2, 0.25) is 5.02 Å². The molecule has 2 aliphatic heterocycles. The molecule has 0 aliphatic carbocycles. The van der Waals surface area contributed by atoms with Crippen LogP contribution in [0.3, 0.4) is 0 Å². The van der Waals surface area contributed by atoms with Crippen molar-refractivity contribution in [2.24, 2.45) is 0 Å². The second-order valence-corrected chi connectivity index (χ2v) is 9.80. The van der Waals surface area contributed by atoms with Gasteiger partial charge in [-0.05, 0) is 42.2 Å². The van der Waals surface area contributed by atoms with Gasteiger partial charge in [-0.3, -0.25) is 9.59 Å². The molecule has 1 aromatic heterocycles. The second kappa shape index (κ2) is 9.66. The van der Waals surface area contributed by atoms with Gasteiger partial charge in [0.25, 0.3) is 5.91 Å². The Labute approximate surface area is 210 Å². The molecule has 1 fully saturated rings. The Bertz CT molecular complexity index is 1260. The highest BCUT2D eigenvalue weighted by Crippen LogP contribution is 2.34. The molecule has 180 valence electrons. The van der Waals surface area contributed by atoms with Crippen LogP contribution in [0.4, 0.5) is 5.95 Å². The number of halogens is 1. The standard InChI is InChI=1S/C27H28ClN5O2/c1-31(2)27-29-14-23(18-9-11-21(28)12-10-18)25(30-27)20-7-5-13-32(16-20)24(34)17-33-15-19-6-3-4-8-22(19)26(33)35/h3-4,6,8-12,14,20H,5,7,13,15-17H2,1-2H3. The summed E-state index contributed by atoms with van der Waals surface area (Å²) in [6, 6.07) is 15.2. The van der Waals surface area contributed by atoms with E-state index in [1.165, 1.54) is 0 Å². The van der Waals surface area contributed by atoms with Crippen molar-refractivity contribution in [2.75, 3.05) is 38.6 Å². The first-order valence-electron chi connectivity index (χ1n) is 11.9. The van der Waals surface area contributed by atoms with Crippen LogP contribution >= 0.6 is 11.6 Å². The lowest BCUT2D eigenvalue weighted by Crippen LogP contribution is -2.45. The number of hydrogen-bond donors (Lipinski definition) is 0. The number of nitrogens with zero attached hydrogens (tertiary/aromatic N) is 5. The highest BCUT2D eigenvalue weighted by Gasteiger charge is 2.32. The number of rotatable bonds is 5. The summed E-state index contributed by atoms with van der Waals surface area (Å²) in [5, 5.41) is 0.675. The maximum absolute atomic E-state index is 13.3. The number of aromatic nitrogens is 2. The fraction of sp³-hybridized carbons (Fsp3) is 0.333. The van der Waals surface area contributed by atoms with Crippen LogP contribution < -0.4 is 4.90 Å². The lowest BCUT2D eigenvalue weighted by molar-refractivity contribution is -0.133. The van der Waals surface area contributed by atoms with E-state index in [1.807, 2.05) is 78.6 Å². The summed E-state index contributed by atoms with van der Waals surface area (Å²) < 4.78 is 0. The summed E-state index contributed by atoms with van der Waals surface area (Å²) in [6.07, 6.45) is 3.68. The average molecular weight is 490 g/mol. The molecule has 8 heteroatoms. The van der Waals surface area contributed by atoms with E-state index >= 15 is 0 Å². The topological polar surface area (TPSA) is 69.6 Å². The van der Waals surface area contributed by atoms with Crippen molar-refractivity contribution in [1.29, 1.82) is 0 Å². The number of piperidine rings is 1. The van der Waals surface area contributed by atoms with E-state index in [0.717, 1.165) is 35.2 Å². The number of hydrogen-bond acceptors (Lipinski definition) is 5. The van der Waals surface area contributed by atoms with Gasteiger partial charge >= 0.3 is 0 Å². The molecule has 1 atom stereocenters. The van der Waals surface area contributed by atoms with Crippen LogP contribution in [0.5, 0.6) is 0 Å². The molecule has 0 spiro atoms. The number of anilines is 1. The summed E-state index contributed by atoms with van der Waals surface area (Å²) in [4.78, 5) is 40.9. The van der Waals surface area contributed by atoms with E-state index < -0.39 is 0 Å². The third-order valence-corrected chi connectivity index (χ3v) is 7.00. The molecule has 1 unspecified atom stereocenters. The predicted octanol–water partition coefficient (Wildman–Crippen LogP) is 4.23. The molecular formula is C27H28ClN5O2. The van der Waals surface area contributed by atoms with Gasteiger partial charge < -0.3 is 14.7 Å². The summed E-state index contributed by atoms with van der Waals surface area (Å²) in [7, 11) is 3.84. The Morgan fingerprint density at radius 2 is 1.89 bits per heavy atom. The molecule has 3 aromatic rings. The Balaban J connectivity index is 1.36. The number of fused-ring (bicyclic) bond motifs is 1. The zero-order valence-electron chi connectivity index (χ0n) is 19.9. The summed E-state index contributed by atoms with van der Waals surface area (Å²) in [6.45, 7) is 1.83. The van der Waals surface area contributed by atoms with Gasteiger partial charge in [0, 0.05) is 62.0 Å². The third-order valence-electron chi connectivity index (χ3n) is 6.74. The highest BCUT2D eigenvalue weighted by atomic mass is 35.5. The van der Waals surface area contributed by atoms with Gasteiger partial charge in [-0.15, -0.1) is 0 Å². The van der Waals surface area contributed by atoms with Crippen molar-refractivity contribution in [3.05, 3.63) is 76.6 Å². The van der Waals surface area contributed by atoms with E-state index in [1.54, 1.807) is 4.90 Å². The van der Waals surface area contributed by atoms with Crippen molar-refractivity contribution in [2.45, 2.75) is 25.3 Å². The SMILES string of the molecule is CN(C)c1ncc(-c2ccc(Cl)cc2)c(C2CCCN(C(=O)CN3Cc4ccccc4C3=O)C2)n1. The largest absolute Gasteiger partial charge is 0.347 e. The quantitative estimate of drug-likeness (QED) is 0.536. The lowest BCUT2D eigenvalue weighted by Gasteiger charge is -2.34. The van der Waals surface area contributed by atoms with Gasteiger partial charge in [-0.25, -0.2) is 9.97 Å². The molecule has 7 nitrogen and oxygen atoms in total. The van der Waals surface area contributed by atoms with Crippen molar-refractivity contribution in [3.8, 4) is 11.1 Å². The fourth-order valence-electron chi connectivity index (χ4n) is 4.90. The van der Waals surface area contributed by atoms with E-state index in [2.05, 4.69) is 4.98 Å². The summed E-state index contributed by atoms with van der Waals surface area (Å²) in [5.41, 5.74) is 4.57. The average Bonchev–Trinajstić information content (AvgIpc) is 3.19. The first-order valence-corrected chi connectivity index (χ1v) is 12.2. The van der Waals surface area contributed by atoms with E-state index in [0.29, 0.717) is 36.2 Å². The first kappa shape index (κ1) is 23.3. The van der Waals surface area contributed by atoms with Gasteiger partial charge in [0.2, 0.25) is 11.9 Å². The Morgan fingerprint density at radius 3 is 2.63 bits per heavy atom. The minimum Gasteiger partial charge on any atom is -0.347 e. The van der Waals surface area contributed by atoms with Crippen LogP contribution in [-0.4, -0.2) is 65.3 Å². The van der Waals surface area contributed by atoms with Crippen LogP contribution in [0.25, 0.3) is 11.1 Å². The highest BCUT2D eigenvalue weighted by molar-refractivity contribution is 6.30. The van der Waals surface area contributed by atoms with E-state index in [9.17, 15) is 9.59 Å². The minimum atomic E-state index is -0.0704. The molecule has 2 aliphatic rings. The third kappa shape index (κ3) is 4.73. The molecule has 3 heterocycles. The van der Waals surface area contributed by atoms with Crippen molar-refractivity contribution >= 4 is 29.4 Å². The van der Waals surface area contributed by atoms with Gasteiger partial charge in [-0.1, -0.05) is 41.9 Å². The molecule has 2 amide bonds. The molecule has 0 radical (unpaired) electrons. The normalized spacial score (nSPS) is 17.5. The number of carbonyl (C=O) groups excluding carboxylic acids is 2. The van der Waals surface area contributed by atoms with Crippen molar-refractivity contribution in [1.82, 2.24) is 19.8 Å². The van der Waals surface area contributed by atoms with Crippen LogP contribution in [0.1, 0.15) is 40.4 Å². The Hall–Kier alpha value is -3.45. The maximum atomic E-state index is 13.3. The molecule has 2 aromatic carbocycles. The number of benzene rings is 2. The van der Waals surface area contributed by atoms with Crippen LogP contribution in [0.15, 0.2) is 54.7 Å². The second-order valence-electron chi connectivity index (χ2n) is 9.37. The van der Waals surface area contributed by atoms with Gasteiger partial charge in [0.05, 0.1) is 5.69 Å². The molecule has 5 rings (SSSR count). The molecule has 35 heavy (non-hydrogen) atoms. The van der Waals surface area contributed by atoms with Gasteiger partial charge in [0.15, 0.2) is 0 Å². The lowest BCUT2D eigenvalue weighted by atomic mass is 9.90. The van der Waals surface area contributed by atoms with Gasteiger partial charge in [0.1, 0.15) is 6.54 Å². The Kier molecular flexibility index (Phi) is 6.43. The van der Waals surface area contributed by atoms with Gasteiger partial charge in [-0.2, -0.15) is 0 Å². The molecular weight excluding hydrogens is 462 g/mol. The molecule has 0 bridgehead atoms. The summed E-state index contributed by atoms with van der Waals surface area (Å²) >= 11 is 6.11. The minimum absolute atomic E-state index is 0.0224. The number of carbonyl (C=O) groups is 2. The monoisotopic (exact) mass is 489 g/mol. The molecule has 0 saturated carbocycles. The van der Waals surface area contributed by atoms with E-state index in [-0.39, 0.29) is 24.3 Å². The summed E-state index contributed by atoms with van der Waals surface area (Å²) in [5.74, 6) is 0.623. The maximum Gasteiger partial charge on any atom is 0.254 e. The van der Waals surface area contributed by atoms with Crippen LogP contribution in [-0.2, 0) is 11.3 Å². The molecule has 1 saturated heterocycles. The molecule has 0 N–H and O–H groups in total. The zero-order chi connectivity index (χ0) is 24.5. The zero-order valence-corrected chi connectivity index (χ0v) is 20.7.